The highest BCUT2D eigenvalue weighted by Gasteiger charge is 2.29. The van der Waals surface area contributed by atoms with Crippen molar-refractivity contribution >= 4 is 44.6 Å². The molecule has 25 heavy (non-hydrogen) atoms. The zero-order valence-corrected chi connectivity index (χ0v) is 16.3. The second-order valence-corrected chi connectivity index (χ2v) is 8.91. The number of carbonyl (C=O) groups excluding carboxylic acids is 1. The Morgan fingerprint density at radius 2 is 2.00 bits per heavy atom. The van der Waals surface area contributed by atoms with Crippen LogP contribution in [0.25, 0.3) is 0 Å². The number of thiophene rings is 1. The molecule has 2 N–H and O–H groups in total. The lowest BCUT2D eigenvalue weighted by Crippen LogP contribution is -2.46. The maximum Gasteiger partial charge on any atom is 0.250 e. The van der Waals surface area contributed by atoms with E-state index in [-0.39, 0.29) is 10.1 Å². The van der Waals surface area contributed by atoms with Gasteiger partial charge in [0.1, 0.15) is 16.0 Å². The summed E-state index contributed by atoms with van der Waals surface area (Å²) in [6.07, 6.45) is 0. The standard InChI is InChI=1S/C16H19ClN2O4S2/c1-10(2)15(19-25(21,22)14-5-4-8-24-14)16(20)18-11-6-7-13(23-3)12(17)9-11/h4-10,15,19H,1-3H3,(H,18,20)/t15-/m1/s1. The summed E-state index contributed by atoms with van der Waals surface area (Å²) in [5.41, 5.74) is 0.455. The number of nitrogens with one attached hydrogen (secondary N) is 2. The Morgan fingerprint density at radius 1 is 1.28 bits per heavy atom. The highest BCUT2D eigenvalue weighted by Crippen LogP contribution is 2.27. The van der Waals surface area contributed by atoms with Crippen LogP contribution in [0, 0.1) is 5.92 Å². The smallest absolute Gasteiger partial charge is 0.250 e. The molecular formula is C16H19ClN2O4S2. The number of methoxy groups -OCH3 is 1. The zero-order chi connectivity index (χ0) is 18.6. The van der Waals surface area contributed by atoms with Crippen molar-refractivity contribution in [3.05, 3.63) is 40.7 Å². The molecule has 9 heteroatoms. The van der Waals surface area contributed by atoms with Crippen LogP contribution in [0.4, 0.5) is 5.69 Å². The molecule has 1 aromatic heterocycles. The van der Waals surface area contributed by atoms with Crippen LogP contribution in [0.3, 0.4) is 0 Å². The lowest BCUT2D eigenvalue weighted by molar-refractivity contribution is -0.118. The van der Waals surface area contributed by atoms with Crippen LogP contribution >= 0.6 is 22.9 Å². The van der Waals surface area contributed by atoms with Gasteiger partial charge in [-0.05, 0) is 35.6 Å². The second-order valence-electron chi connectivity index (χ2n) is 5.61. The third-order valence-electron chi connectivity index (χ3n) is 3.41. The van der Waals surface area contributed by atoms with Crippen LogP contribution in [0.2, 0.25) is 5.02 Å². The number of carbonyl (C=O) groups is 1. The van der Waals surface area contributed by atoms with Gasteiger partial charge in [0.05, 0.1) is 12.1 Å². The van der Waals surface area contributed by atoms with Crippen molar-refractivity contribution in [1.82, 2.24) is 4.72 Å². The molecule has 0 unspecified atom stereocenters. The maximum absolute atomic E-state index is 12.6. The molecule has 0 radical (unpaired) electrons. The minimum atomic E-state index is -3.76. The molecule has 1 heterocycles. The normalized spacial score (nSPS) is 12.8. The van der Waals surface area contributed by atoms with E-state index in [0.29, 0.717) is 16.5 Å². The van der Waals surface area contributed by atoms with Crippen molar-refractivity contribution in [3.63, 3.8) is 0 Å². The number of ether oxygens (including phenoxy) is 1. The third-order valence-corrected chi connectivity index (χ3v) is 6.54. The highest BCUT2D eigenvalue weighted by molar-refractivity contribution is 7.91. The van der Waals surface area contributed by atoms with Crippen molar-refractivity contribution in [2.24, 2.45) is 5.92 Å². The summed E-state index contributed by atoms with van der Waals surface area (Å²) >= 11 is 7.13. The lowest BCUT2D eigenvalue weighted by Gasteiger charge is -2.21. The Bertz CT molecular complexity index is 836. The Morgan fingerprint density at radius 3 is 2.52 bits per heavy atom. The molecule has 0 fully saturated rings. The van der Waals surface area contributed by atoms with Crippen LogP contribution in [0.5, 0.6) is 5.75 Å². The Hall–Kier alpha value is -1.61. The number of rotatable bonds is 7. The number of amides is 1. The van der Waals surface area contributed by atoms with Gasteiger partial charge in [-0.15, -0.1) is 11.3 Å². The van der Waals surface area contributed by atoms with Gasteiger partial charge in [-0.25, -0.2) is 8.42 Å². The minimum Gasteiger partial charge on any atom is -0.495 e. The molecule has 0 aliphatic rings. The van der Waals surface area contributed by atoms with Crippen molar-refractivity contribution in [3.8, 4) is 5.75 Å². The summed E-state index contributed by atoms with van der Waals surface area (Å²) in [6.45, 7) is 3.53. The molecule has 0 spiro atoms. The van der Waals surface area contributed by atoms with Crippen molar-refractivity contribution in [2.75, 3.05) is 12.4 Å². The van der Waals surface area contributed by atoms with E-state index in [1.165, 1.54) is 13.2 Å². The predicted octanol–water partition coefficient (Wildman–Crippen LogP) is 3.35. The van der Waals surface area contributed by atoms with Gasteiger partial charge in [0.2, 0.25) is 5.91 Å². The summed E-state index contributed by atoms with van der Waals surface area (Å²) in [5.74, 6) is -0.224. The average Bonchev–Trinajstić information content (AvgIpc) is 3.08. The quantitative estimate of drug-likeness (QED) is 0.743. The van der Waals surface area contributed by atoms with E-state index in [0.717, 1.165) is 11.3 Å². The molecule has 2 rings (SSSR count). The van der Waals surface area contributed by atoms with Crippen LogP contribution in [-0.4, -0.2) is 27.5 Å². The van der Waals surface area contributed by atoms with Crippen molar-refractivity contribution in [2.45, 2.75) is 24.1 Å². The molecule has 1 atom stereocenters. The number of halogens is 1. The number of benzene rings is 1. The fourth-order valence-corrected chi connectivity index (χ4v) is 4.71. The number of sulfonamides is 1. The monoisotopic (exact) mass is 402 g/mol. The van der Waals surface area contributed by atoms with Crippen LogP contribution < -0.4 is 14.8 Å². The topological polar surface area (TPSA) is 84.5 Å². The molecule has 6 nitrogen and oxygen atoms in total. The third kappa shape index (κ3) is 4.94. The fraction of sp³-hybridized carbons (Fsp3) is 0.312. The van der Waals surface area contributed by atoms with Crippen molar-refractivity contribution in [1.29, 1.82) is 0 Å². The van der Waals surface area contributed by atoms with E-state index in [4.69, 9.17) is 16.3 Å². The van der Waals surface area contributed by atoms with Gasteiger partial charge in [0.15, 0.2) is 0 Å². The summed E-state index contributed by atoms with van der Waals surface area (Å²) in [7, 11) is -2.26. The molecule has 0 saturated heterocycles. The largest absolute Gasteiger partial charge is 0.495 e. The molecule has 0 saturated carbocycles. The van der Waals surface area contributed by atoms with Crippen molar-refractivity contribution < 1.29 is 17.9 Å². The van der Waals surface area contributed by atoms with E-state index < -0.39 is 22.0 Å². The summed E-state index contributed by atoms with van der Waals surface area (Å²) in [5, 5.41) is 4.69. The lowest BCUT2D eigenvalue weighted by atomic mass is 10.0. The molecular weight excluding hydrogens is 384 g/mol. The first-order valence-corrected chi connectivity index (χ1v) is 10.2. The van der Waals surface area contributed by atoms with E-state index in [9.17, 15) is 13.2 Å². The molecule has 1 amide bonds. The zero-order valence-electron chi connectivity index (χ0n) is 13.9. The number of anilines is 1. The molecule has 1 aromatic carbocycles. The molecule has 0 aliphatic heterocycles. The van der Waals surface area contributed by atoms with Gasteiger partial charge in [-0.2, -0.15) is 4.72 Å². The first-order valence-electron chi connectivity index (χ1n) is 7.45. The SMILES string of the molecule is COc1ccc(NC(=O)[C@H](NS(=O)(=O)c2cccs2)C(C)C)cc1Cl. The first-order chi connectivity index (χ1) is 11.7. The van der Waals surface area contributed by atoms with E-state index in [1.54, 1.807) is 43.5 Å². The maximum atomic E-state index is 12.6. The summed E-state index contributed by atoms with van der Waals surface area (Å²) < 4.78 is 32.5. The highest BCUT2D eigenvalue weighted by atomic mass is 35.5. The molecule has 136 valence electrons. The molecule has 0 aliphatic carbocycles. The second kappa shape index (κ2) is 8.18. The van der Waals surface area contributed by atoms with Crippen LogP contribution in [0.1, 0.15) is 13.8 Å². The van der Waals surface area contributed by atoms with Crippen LogP contribution in [0.15, 0.2) is 39.9 Å². The van der Waals surface area contributed by atoms with Gasteiger partial charge >= 0.3 is 0 Å². The van der Waals surface area contributed by atoms with E-state index >= 15 is 0 Å². The molecule has 0 bridgehead atoms. The minimum absolute atomic E-state index is 0.165. The Labute approximate surface area is 156 Å². The van der Waals surface area contributed by atoms with E-state index in [1.807, 2.05) is 0 Å². The Balaban J connectivity index is 2.17. The Kier molecular flexibility index (Phi) is 6.45. The van der Waals surface area contributed by atoms with Gasteiger partial charge < -0.3 is 10.1 Å². The number of hydrogen-bond acceptors (Lipinski definition) is 5. The van der Waals surface area contributed by atoms with Gasteiger partial charge in [0, 0.05) is 5.69 Å². The fourth-order valence-electron chi connectivity index (χ4n) is 2.10. The average molecular weight is 403 g/mol. The first kappa shape index (κ1) is 19.7. The summed E-state index contributed by atoms with van der Waals surface area (Å²) in [6, 6.07) is 7.01. The van der Waals surface area contributed by atoms with Gasteiger partial charge in [-0.1, -0.05) is 31.5 Å². The van der Waals surface area contributed by atoms with E-state index in [2.05, 4.69) is 10.0 Å². The molecule has 2 aromatic rings. The predicted molar refractivity (Wildman–Crippen MR) is 99.9 cm³/mol. The number of hydrogen-bond donors (Lipinski definition) is 2. The van der Waals surface area contributed by atoms with Gasteiger partial charge in [-0.3, -0.25) is 4.79 Å². The van der Waals surface area contributed by atoms with Crippen LogP contribution in [-0.2, 0) is 14.8 Å². The van der Waals surface area contributed by atoms with Gasteiger partial charge in [0.25, 0.3) is 10.0 Å². The summed E-state index contributed by atoms with van der Waals surface area (Å²) in [4.78, 5) is 12.6.